The van der Waals surface area contributed by atoms with Crippen LogP contribution in [0.1, 0.15) is 34.8 Å². The van der Waals surface area contributed by atoms with Crippen LogP contribution >= 0.6 is 0 Å². The molecule has 0 bridgehead atoms. The second-order valence-corrected chi connectivity index (χ2v) is 4.98. The number of rotatable bonds is 4. The molecule has 1 atom stereocenters. The third kappa shape index (κ3) is 3.42. The van der Waals surface area contributed by atoms with E-state index in [2.05, 4.69) is 19.1 Å². The van der Waals surface area contributed by atoms with Crippen LogP contribution in [-0.2, 0) is 6.42 Å². The molecule has 1 N–H and O–H groups in total. The van der Waals surface area contributed by atoms with Gasteiger partial charge in [0.25, 0.3) is 0 Å². The number of hydrogen-bond donors (Lipinski definition) is 1. The van der Waals surface area contributed by atoms with E-state index in [1.54, 1.807) is 6.07 Å². The Labute approximate surface area is 113 Å². The summed E-state index contributed by atoms with van der Waals surface area (Å²) >= 11 is 0. The highest BCUT2D eigenvalue weighted by atomic mass is 19.1. The molecule has 0 radical (unpaired) electrons. The fourth-order valence-corrected chi connectivity index (χ4v) is 2.31. The largest absolute Gasteiger partial charge is 0.388 e. The predicted molar refractivity (Wildman–Crippen MR) is 75.6 cm³/mol. The molecule has 2 aromatic rings. The molecule has 0 aliphatic carbocycles. The van der Waals surface area contributed by atoms with E-state index in [1.165, 1.54) is 23.3 Å². The number of aryl methyl sites for hydroxylation is 3. The Hall–Kier alpha value is -1.67. The summed E-state index contributed by atoms with van der Waals surface area (Å²) in [7, 11) is 0. The van der Waals surface area contributed by atoms with Crippen LogP contribution in [0.25, 0.3) is 0 Å². The van der Waals surface area contributed by atoms with Gasteiger partial charge in [-0.3, -0.25) is 0 Å². The maximum atomic E-state index is 13.2. The fraction of sp³-hybridized carbons (Fsp3) is 0.294. The van der Waals surface area contributed by atoms with Gasteiger partial charge in [0.15, 0.2) is 0 Å². The SMILES string of the molecule is Cc1ccccc1CCC(O)c1cc(F)ccc1C. The Kier molecular flexibility index (Phi) is 4.33. The lowest BCUT2D eigenvalue weighted by molar-refractivity contribution is 0.166. The summed E-state index contributed by atoms with van der Waals surface area (Å²) in [6.45, 7) is 3.96. The van der Waals surface area contributed by atoms with Gasteiger partial charge in [-0.05, 0) is 61.1 Å². The van der Waals surface area contributed by atoms with Crippen molar-refractivity contribution in [1.82, 2.24) is 0 Å². The van der Waals surface area contributed by atoms with Crippen LogP contribution in [0.5, 0.6) is 0 Å². The Morgan fingerprint density at radius 3 is 2.53 bits per heavy atom. The van der Waals surface area contributed by atoms with Crippen LogP contribution in [0.3, 0.4) is 0 Å². The van der Waals surface area contributed by atoms with Crippen LogP contribution in [0.2, 0.25) is 0 Å². The van der Waals surface area contributed by atoms with Gasteiger partial charge in [-0.15, -0.1) is 0 Å². The number of benzene rings is 2. The fourth-order valence-electron chi connectivity index (χ4n) is 2.31. The number of hydrogen-bond acceptors (Lipinski definition) is 1. The third-order valence-electron chi connectivity index (χ3n) is 3.55. The van der Waals surface area contributed by atoms with Crippen LogP contribution < -0.4 is 0 Å². The van der Waals surface area contributed by atoms with Crippen molar-refractivity contribution in [2.24, 2.45) is 0 Å². The summed E-state index contributed by atoms with van der Waals surface area (Å²) in [6.07, 6.45) is 0.786. The molecular formula is C17H19FO. The van der Waals surface area contributed by atoms with Gasteiger partial charge in [-0.25, -0.2) is 4.39 Å². The van der Waals surface area contributed by atoms with Crippen molar-refractivity contribution < 1.29 is 9.50 Å². The highest BCUT2D eigenvalue weighted by molar-refractivity contribution is 5.30. The molecule has 0 aliphatic rings. The normalized spacial score (nSPS) is 12.4. The Bertz CT molecular complexity index is 563. The van der Waals surface area contributed by atoms with Crippen molar-refractivity contribution in [3.63, 3.8) is 0 Å². The first-order chi connectivity index (χ1) is 9.08. The second kappa shape index (κ2) is 5.98. The minimum absolute atomic E-state index is 0.296. The Morgan fingerprint density at radius 1 is 1.05 bits per heavy atom. The van der Waals surface area contributed by atoms with Crippen molar-refractivity contribution in [2.75, 3.05) is 0 Å². The first-order valence-corrected chi connectivity index (χ1v) is 6.56. The summed E-state index contributed by atoms with van der Waals surface area (Å²) in [5, 5.41) is 10.2. The lowest BCUT2D eigenvalue weighted by atomic mass is 9.96. The van der Waals surface area contributed by atoms with Gasteiger partial charge in [0.05, 0.1) is 6.10 Å². The molecule has 2 aromatic carbocycles. The standard InChI is InChI=1S/C17H19FO/c1-12-5-3-4-6-14(12)8-10-17(19)16-11-15(18)9-7-13(16)2/h3-7,9,11,17,19H,8,10H2,1-2H3. The molecule has 2 rings (SSSR count). The van der Waals surface area contributed by atoms with E-state index in [0.717, 1.165) is 12.0 Å². The summed E-state index contributed by atoms with van der Waals surface area (Å²) in [4.78, 5) is 0. The average Bonchev–Trinajstić information content (AvgIpc) is 2.40. The molecule has 0 aliphatic heterocycles. The monoisotopic (exact) mass is 258 g/mol. The van der Waals surface area contributed by atoms with Crippen LogP contribution in [0.15, 0.2) is 42.5 Å². The molecule has 0 saturated heterocycles. The second-order valence-electron chi connectivity index (χ2n) is 4.98. The van der Waals surface area contributed by atoms with Crippen LogP contribution in [0, 0.1) is 19.7 Å². The van der Waals surface area contributed by atoms with Gasteiger partial charge >= 0.3 is 0 Å². The molecule has 0 heterocycles. The number of aliphatic hydroxyl groups excluding tert-OH is 1. The van der Waals surface area contributed by atoms with Gasteiger partial charge in [-0.1, -0.05) is 30.3 Å². The van der Waals surface area contributed by atoms with E-state index in [9.17, 15) is 9.50 Å². The van der Waals surface area contributed by atoms with Gasteiger partial charge < -0.3 is 5.11 Å². The lowest BCUT2D eigenvalue weighted by Crippen LogP contribution is -2.03. The van der Waals surface area contributed by atoms with E-state index >= 15 is 0 Å². The van der Waals surface area contributed by atoms with E-state index in [0.29, 0.717) is 12.0 Å². The maximum Gasteiger partial charge on any atom is 0.123 e. The first kappa shape index (κ1) is 13.8. The van der Waals surface area contributed by atoms with Crippen LogP contribution in [-0.4, -0.2) is 5.11 Å². The van der Waals surface area contributed by atoms with E-state index in [4.69, 9.17) is 0 Å². The van der Waals surface area contributed by atoms with E-state index < -0.39 is 6.10 Å². The van der Waals surface area contributed by atoms with E-state index in [-0.39, 0.29) is 5.82 Å². The van der Waals surface area contributed by atoms with Crippen molar-refractivity contribution in [1.29, 1.82) is 0 Å². The van der Waals surface area contributed by atoms with Gasteiger partial charge in [-0.2, -0.15) is 0 Å². The lowest BCUT2D eigenvalue weighted by Gasteiger charge is -2.14. The minimum atomic E-state index is -0.615. The molecule has 100 valence electrons. The topological polar surface area (TPSA) is 20.2 Å². The molecule has 0 fully saturated rings. The molecule has 0 aromatic heterocycles. The molecule has 0 spiro atoms. The highest BCUT2D eigenvalue weighted by Gasteiger charge is 2.12. The Balaban J connectivity index is 2.07. The molecular weight excluding hydrogens is 239 g/mol. The minimum Gasteiger partial charge on any atom is -0.388 e. The van der Waals surface area contributed by atoms with E-state index in [1.807, 2.05) is 19.1 Å². The predicted octanol–water partition coefficient (Wildman–Crippen LogP) is 4.11. The molecule has 0 saturated carbocycles. The first-order valence-electron chi connectivity index (χ1n) is 6.56. The zero-order valence-electron chi connectivity index (χ0n) is 11.4. The summed E-state index contributed by atoms with van der Waals surface area (Å²) < 4.78 is 13.2. The van der Waals surface area contributed by atoms with Gasteiger partial charge in [0, 0.05) is 0 Å². The summed E-state index contributed by atoms with van der Waals surface area (Å²) in [6, 6.07) is 12.7. The van der Waals surface area contributed by atoms with Crippen molar-refractivity contribution >= 4 is 0 Å². The molecule has 0 amide bonds. The third-order valence-corrected chi connectivity index (χ3v) is 3.55. The Morgan fingerprint density at radius 2 is 1.79 bits per heavy atom. The van der Waals surface area contributed by atoms with Crippen molar-refractivity contribution in [3.05, 3.63) is 70.5 Å². The quantitative estimate of drug-likeness (QED) is 0.875. The molecule has 2 heteroatoms. The van der Waals surface area contributed by atoms with Crippen molar-refractivity contribution in [3.8, 4) is 0 Å². The molecule has 19 heavy (non-hydrogen) atoms. The number of aliphatic hydroxyl groups is 1. The number of halogens is 1. The van der Waals surface area contributed by atoms with Crippen LogP contribution in [0.4, 0.5) is 4.39 Å². The van der Waals surface area contributed by atoms with Gasteiger partial charge in [0.2, 0.25) is 0 Å². The molecule has 1 unspecified atom stereocenters. The summed E-state index contributed by atoms with van der Waals surface area (Å²) in [5.74, 6) is -0.296. The maximum absolute atomic E-state index is 13.2. The average molecular weight is 258 g/mol. The zero-order chi connectivity index (χ0) is 13.8. The highest BCUT2D eigenvalue weighted by Crippen LogP contribution is 2.24. The summed E-state index contributed by atoms with van der Waals surface area (Å²) in [5.41, 5.74) is 4.08. The van der Waals surface area contributed by atoms with Crippen molar-refractivity contribution in [2.45, 2.75) is 32.8 Å². The smallest absolute Gasteiger partial charge is 0.123 e. The molecule has 1 nitrogen and oxygen atoms in total. The zero-order valence-corrected chi connectivity index (χ0v) is 11.4. The van der Waals surface area contributed by atoms with Gasteiger partial charge in [0.1, 0.15) is 5.82 Å².